The number of aromatic nitrogens is 2. The molecule has 3 N–H and O–H groups in total. The number of hydrogen-bond donors (Lipinski definition) is 3. The quantitative estimate of drug-likeness (QED) is 0.112. The number of nitrogens with one attached hydrogen (secondary N) is 3. The molecule has 15 heteroatoms. The van der Waals surface area contributed by atoms with Gasteiger partial charge in [0.1, 0.15) is 17.4 Å². The first-order chi connectivity index (χ1) is 26.5. The fraction of sp³-hybridized carbons (Fsp3) is 0.400. The Kier molecular flexibility index (Phi) is 11.5. The number of hydrogen-bond acceptors (Lipinski definition) is 10. The van der Waals surface area contributed by atoms with Crippen LogP contribution in [0.3, 0.4) is 0 Å². The summed E-state index contributed by atoms with van der Waals surface area (Å²) in [5.41, 5.74) is 6.87. The van der Waals surface area contributed by atoms with Crippen LogP contribution in [0.15, 0.2) is 54.7 Å². The predicted octanol–water partition coefficient (Wildman–Crippen LogP) is 7.28. The van der Waals surface area contributed by atoms with Crippen LogP contribution in [0.2, 0.25) is 5.02 Å². The summed E-state index contributed by atoms with van der Waals surface area (Å²) in [5, 5.41) is 6.77. The maximum Gasteiger partial charge on any atom is 0.421 e. The molecular weight excluding hydrogens is 739 g/mol. The Labute approximate surface area is 321 Å². The summed E-state index contributed by atoms with van der Waals surface area (Å²) < 4.78 is 60.6. The number of rotatable bonds is 14. The summed E-state index contributed by atoms with van der Waals surface area (Å²) in [7, 11) is 2.90. The third-order valence-corrected chi connectivity index (χ3v) is 10.5. The number of hydroxylamine groups is 1. The number of carbonyl (C=O) groups excluding carboxylic acids is 2. The molecule has 2 atom stereocenters. The fourth-order valence-electron chi connectivity index (χ4n) is 7.12. The van der Waals surface area contributed by atoms with Crippen molar-refractivity contribution in [3.63, 3.8) is 0 Å². The van der Waals surface area contributed by atoms with Crippen molar-refractivity contribution < 1.29 is 41.8 Å². The van der Waals surface area contributed by atoms with E-state index in [1.807, 2.05) is 42.5 Å². The van der Waals surface area contributed by atoms with Gasteiger partial charge in [0, 0.05) is 54.0 Å². The van der Waals surface area contributed by atoms with Gasteiger partial charge >= 0.3 is 12.1 Å². The molecule has 1 saturated heterocycles. The molecular formula is C40H41ClF3N5O6. The summed E-state index contributed by atoms with van der Waals surface area (Å²) in [4.78, 5) is 37.2. The number of pyridine rings is 2. The van der Waals surface area contributed by atoms with Crippen molar-refractivity contribution in [2.45, 2.75) is 76.4 Å². The van der Waals surface area contributed by atoms with Crippen LogP contribution in [0.1, 0.15) is 72.4 Å². The molecule has 1 aliphatic heterocycles. The second-order valence-corrected chi connectivity index (χ2v) is 14.3. The molecule has 11 nitrogen and oxygen atoms in total. The molecule has 3 aliphatic rings. The van der Waals surface area contributed by atoms with Gasteiger partial charge in [-0.05, 0) is 73.4 Å². The largest absolute Gasteiger partial charge is 0.496 e. The van der Waals surface area contributed by atoms with E-state index >= 15 is 0 Å². The Hall–Kier alpha value is -4.92. The van der Waals surface area contributed by atoms with Crippen molar-refractivity contribution >= 4 is 23.5 Å². The van der Waals surface area contributed by atoms with Crippen LogP contribution >= 0.6 is 11.6 Å². The van der Waals surface area contributed by atoms with Gasteiger partial charge in [-0.15, -0.1) is 5.48 Å². The predicted molar refractivity (Wildman–Crippen MR) is 197 cm³/mol. The van der Waals surface area contributed by atoms with Gasteiger partial charge < -0.3 is 29.7 Å². The van der Waals surface area contributed by atoms with Crippen LogP contribution in [-0.4, -0.2) is 48.7 Å². The van der Waals surface area contributed by atoms with Crippen molar-refractivity contribution in [1.29, 1.82) is 0 Å². The lowest BCUT2D eigenvalue weighted by Crippen LogP contribution is -2.35. The van der Waals surface area contributed by atoms with E-state index in [-0.39, 0.29) is 35.9 Å². The molecule has 7 rings (SSSR count). The van der Waals surface area contributed by atoms with E-state index in [4.69, 9.17) is 30.6 Å². The Bertz CT molecular complexity index is 2080. The standard InChI is InChI=1S/C40H41ClF3N5O6/c1-52-33-18-23(11-12-24(33)19-45-21-26-13-14-34(50)48-26)36-35(41)30(15-16-46-36)28-5-3-7-29-27(28)6-4-8-32(29)54-38-31(40(42,43)44)17-25(37(49-38)53-2)20-47-55-39(51)22-9-10-22/h3,5,7,11-12,15-18,22,26,32,45,47H,4,6,8-10,13-14,19-21H2,1-2H3,(H,48,50)/t26-,32+/m1/s1. The van der Waals surface area contributed by atoms with Crippen molar-refractivity contribution in [3.8, 4) is 39.9 Å². The summed E-state index contributed by atoms with van der Waals surface area (Å²) in [6.07, 6.45) is 0.732. The summed E-state index contributed by atoms with van der Waals surface area (Å²) >= 11 is 7.12. The normalized spacial score (nSPS) is 18.0. The number of ether oxygens (including phenoxy) is 3. The topological polar surface area (TPSA) is 133 Å². The van der Waals surface area contributed by atoms with Gasteiger partial charge in [0.2, 0.25) is 17.7 Å². The zero-order valence-electron chi connectivity index (χ0n) is 30.4. The number of alkyl halides is 3. The third kappa shape index (κ3) is 8.66. The molecule has 1 amide bonds. The molecule has 55 heavy (non-hydrogen) atoms. The minimum absolute atomic E-state index is 0.0553. The van der Waals surface area contributed by atoms with Crippen molar-refractivity contribution in [2.24, 2.45) is 5.92 Å². The third-order valence-electron chi connectivity index (χ3n) is 10.1. The van der Waals surface area contributed by atoms with Crippen LogP contribution in [0.5, 0.6) is 17.5 Å². The lowest BCUT2D eigenvalue weighted by molar-refractivity contribution is -0.153. The summed E-state index contributed by atoms with van der Waals surface area (Å²) in [5.74, 6) is -0.587. The van der Waals surface area contributed by atoms with E-state index in [9.17, 15) is 22.8 Å². The summed E-state index contributed by atoms with van der Waals surface area (Å²) in [6, 6.07) is 14.2. The zero-order chi connectivity index (χ0) is 38.7. The van der Waals surface area contributed by atoms with Gasteiger partial charge in [-0.3, -0.25) is 14.6 Å². The van der Waals surface area contributed by atoms with Crippen molar-refractivity contribution in [1.82, 2.24) is 26.1 Å². The maximum absolute atomic E-state index is 14.5. The van der Waals surface area contributed by atoms with Gasteiger partial charge in [-0.25, -0.2) is 0 Å². The van der Waals surface area contributed by atoms with E-state index in [1.54, 1.807) is 13.3 Å². The van der Waals surface area contributed by atoms with E-state index in [1.165, 1.54) is 7.11 Å². The molecule has 2 aliphatic carbocycles. The molecule has 2 fully saturated rings. The SMILES string of the molecule is COc1cc(-c2nccc(-c3cccc4c3CCC[C@@H]4Oc3nc(OC)c(CNOC(=O)C4CC4)cc3C(F)(F)F)c2Cl)ccc1CNC[C@H]1CCC(=O)N1. The number of amides is 1. The first kappa shape index (κ1) is 38.4. The highest BCUT2D eigenvalue weighted by Crippen LogP contribution is 2.45. The van der Waals surface area contributed by atoms with E-state index in [0.717, 1.165) is 58.7 Å². The molecule has 2 aromatic carbocycles. The van der Waals surface area contributed by atoms with Crippen molar-refractivity contribution in [2.75, 3.05) is 20.8 Å². The molecule has 0 radical (unpaired) electrons. The Morgan fingerprint density at radius 3 is 2.53 bits per heavy atom. The first-order valence-corrected chi connectivity index (χ1v) is 18.6. The van der Waals surface area contributed by atoms with Crippen LogP contribution in [0, 0.1) is 5.92 Å². The number of fused-ring (bicyclic) bond motifs is 1. The molecule has 0 unspecified atom stereocenters. The Morgan fingerprint density at radius 1 is 0.964 bits per heavy atom. The monoisotopic (exact) mass is 779 g/mol. The molecule has 2 aromatic heterocycles. The van der Waals surface area contributed by atoms with E-state index in [0.29, 0.717) is 55.2 Å². The second-order valence-electron chi connectivity index (χ2n) is 13.9. The number of carbonyl (C=O) groups is 2. The van der Waals surface area contributed by atoms with Crippen LogP contribution in [0.4, 0.5) is 13.2 Å². The zero-order valence-corrected chi connectivity index (χ0v) is 31.1. The van der Waals surface area contributed by atoms with Gasteiger partial charge in [-0.2, -0.15) is 18.2 Å². The fourth-order valence-corrected chi connectivity index (χ4v) is 7.45. The van der Waals surface area contributed by atoms with Gasteiger partial charge in [0.05, 0.1) is 37.4 Å². The first-order valence-electron chi connectivity index (χ1n) is 18.2. The molecule has 0 spiro atoms. The van der Waals surface area contributed by atoms with Gasteiger partial charge in [-0.1, -0.05) is 41.9 Å². The van der Waals surface area contributed by atoms with Gasteiger partial charge in [0.15, 0.2) is 0 Å². The highest BCUT2D eigenvalue weighted by atomic mass is 35.5. The highest BCUT2D eigenvalue weighted by Gasteiger charge is 2.39. The molecule has 0 bridgehead atoms. The van der Waals surface area contributed by atoms with Gasteiger partial charge in [0.25, 0.3) is 0 Å². The lowest BCUT2D eigenvalue weighted by Gasteiger charge is -2.29. The molecule has 290 valence electrons. The Morgan fingerprint density at radius 2 is 1.80 bits per heavy atom. The minimum Gasteiger partial charge on any atom is -0.496 e. The highest BCUT2D eigenvalue weighted by molar-refractivity contribution is 6.35. The number of nitrogens with zero attached hydrogens (tertiary/aromatic N) is 2. The maximum atomic E-state index is 14.5. The van der Waals surface area contributed by atoms with Crippen LogP contribution in [0.25, 0.3) is 22.4 Å². The van der Waals surface area contributed by atoms with E-state index in [2.05, 4.69) is 26.1 Å². The summed E-state index contributed by atoms with van der Waals surface area (Å²) in [6.45, 7) is 0.957. The second kappa shape index (κ2) is 16.4. The smallest absolute Gasteiger partial charge is 0.421 e. The van der Waals surface area contributed by atoms with E-state index < -0.39 is 29.7 Å². The average Bonchev–Trinajstić information content (AvgIpc) is 3.95. The average molecular weight is 780 g/mol. The number of methoxy groups -OCH3 is 2. The molecule has 1 saturated carbocycles. The lowest BCUT2D eigenvalue weighted by atomic mass is 9.84. The minimum atomic E-state index is -4.79. The Balaban J connectivity index is 1.13. The van der Waals surface area contributed by atoms with Crippen LogP contribution in [-0.2, 0) is 40.1 Å². The molecule has 3 heterocycles. The number of benzene rings is 2. The van der Waals surface area contributed by atoms with Crippen LogP contribution < -0.4 is 30.3 Å². The molecule has 4 aromatic rings. The number of halogens is 4. The van der Waals surface area contributed by atoms with Crippen molar-refractivity contribution in [3.05, 3.63) is 87.6 Å².